The van der Waals surface area contributed by atoms with Gasteiger partial charge in [-0.3, -0.25) is 0 Å². The van der Waals surface area contributed by atoms with Crippen LogP contribution in [0.3, 0.4) is 0 Å². The lowest BCUT2D eigenvalue weighted by molar-refractivity contribution is 0.749. The number of benzene rings is 3. The van der Waals surface area contributed by atoms with Crippen LogP contribution >= 0.6 is 0 Å². The van der Waals surface area contributed by atoms with Crippen LogP contribution in [0, 0.1) is 41.5 Å². The topological polar surface area (TPSA) is 3.24 Å². The fourth-order valence-electron chi connectivity index (χ4n) is 6.02. The molecule has 1 atom stereocenters. The molecule has 1 unspecified atom stereocenters. The van der Waals surface area contributed by atoms with Gasteiger partial charge in [0.1, 0.15) is 0 Å². The molecule has 1 aliphatic carbocycles. The number of rotatable bonds is 7. The van der Waals surface area contributed by atoms with Crippen molar-refractivity contribution in [3.63, 3.8) is 0 Å². The third kappa shape index (κ3) is 5.56. The van der Waals surface area contributed by atoms with E-state index in [2.05, 4.69) is 147 Å². The molecule has 3 aromatic rings. The Balaban J connectivity index is 1.81. The number of allylic oxidation sites excluding steroid dienone is 7. The quantitative estimate of drug-likeness (QED) is 0.276. The van der Waals surface area contributed by atoms with Gasteiger partial charge in [-0.05, 0) is 149 Å². The summed E-state index contributed by atoms with van der Waals surface area (Å²) in [6.45, 7) is 23.9. The summed E-state index contributed by atoms with van der Waals surface area (Å²) in [5.41, 5.74) is 18.4. The third-order valence-electron chi connectivity index (χ3n) is 8.85. The fourth-order valence-corrected chi connectivity index (χ4v) is 6.02. The third-order valence-corrected chi connectivity index (χ3v) is 8.85. The Bertz CT molecular complexity index is 1520. The lowest BCUT2D eigenvalue weighted by Gasteiger charge is -2.35. The zero-order valence-electron chi connectivity index (χ0n) is 25.9. The van der Waals surface area contributed by atoms with Crippen LogP contribution in [0.25, 0.3) is 16.7 Å². The summed E-state index contributed by atoms with van der Waals surface area (Å²) in [5, 5.41) is 0. The molecule has 0 N–H and O–H groups in total. The molecular weight excluding hydrogens is 482 g/mol. The molecule has 0 fully saturated rings. The molecule has 0 aliphatic heterocycles. The maximum atomic E-state index is 3.95. The van der Waals surface area contributed by atoms with Crippen LogP contribution < -0.4 is 4.90 Å². The predicted molar refractivity (Wildman–Crippen MR) is 178 cm³/mol. The Hall–Kier alpha value is -3.84. The van der Waals surface area contributed by atoms with Gasteiger partial charge in [0.15, 0.2) is 0 Å². The van der Waals surface area contributed by atoms with Crippen LogP contribution in [0.2, 0.25) is 0 Å². The summed E-state index contributed by atoms with van der Waals surface area (Å²) in [7, 11) is 0. The van der Waals surface area contributed by atoms with Crippen LogP contribution in [-0.2, 0) is 0 Å². The van der Waals surface area contributed by atoms with Gasteiger partial charge in [0.05, 0.1) is 6.04 Å². The average Bonchev–Trinajstić information content (AvgIpc) is 2.93. The van der Waals surface area contributed by atoms with Crippen LogP contribution in [0.15, 0.2) is 96.6 Å². The number of hydrogen-bond donors (Lipinski definition) is 0. The molecule has 206 valence electrons. The highest BCUT2D eigenvalue weighted by molar-refractivity contribution is 5.85. The lowest BCUT2D eigenvalue weighted by atomic mass is 9.83. The molecule has 0 saturated heterocycles. The second-order valence-corrected chi connectivity index (χ2v) is 11.4. The van der Waals surface area contributed by atoms with Gasteiger partial charge in [0, 0.05) is 11.4 Å². The molecule has 0 spiro atoms. The summed E-state index contributed by atoms with van der Waals surface area (Å²) in [4.78, 5) is 2.51. The first-order chi connectivity index (χ1) is 19.1. The Morgan fingerprint density at radius 2 is 1.43 bits per heavy atom. The van der Waals surface area contributed by atoms with Gasteiger partial charge >= 0.3 is 0 Å². The minimum atomic E-state index is 0.283. The van der Waals surface area contributed by atoms with Gasteiger partial charge in [-0.25, -0.2) is 0 Å². The lowest BCUT2D eigenvalue weighted by Crippen LogP contribution is -2.31. The fraction of sp³-hybridized carbons (Fsp3) is 0.282. The van der Waals surface area contributed by atoms with Crippen LogP contribution in [0.1, 0.15) is 66.1 Å². The molecular formula is C39H45N. The van der Waals surface area contributed by atoms with E-state index >= 15 is 0 Å². The van der Waals surface area contributed by atoms with E-state index in [9.17, 15) is 0 Å². The molecule has 0 saturated carbocycles. The van der Waals surface area contributed by atoms with Gasteiger partial charge in [0.25, 0.3) is 0 Å². The number of aryl methyl sites for hydroxylation is 2. The Morgan fingerprint density at radius 1 is 0.800 bits per heavy atom. The molecule has 0 amide bonds. The smallest absolute Gasteiger partial charge is 0.0562 e. The highest BCUT2D eigenvalue weighted by Gasteiger charge is 2.23. The van der Waals surface area contributed by atoms with Crippen LogP contribution in [0.4, 0.5) is 11.4 Å². The van der Waals surface area contributed by atoms with Gasteiger partial charge in [-0.2, -0.15) is 0 Å². The molecule has 0 radical (unpaired) electrons. The van der Waals surface area contributed by atoms with Crippen LogP contribution in [-0.4, -0.2) is 6.04 Å². The van der Waals surface area contributed by atoms with Crippen molar-refractivity contribution in [1.29, 1.82) is 0 Å². The minimum Gasteiger partial charge on any atom is -0.334 e. The largest absolute Gasteiger partial charge is 0.334 e. The second-order valence-electron chi connectivity index (χ2n) is 11.4. The van der Waals surface area contributed by atoms with Crippen LogP contribution in [0.5, 0.6) is 0 Å². The zero-order chi connectivity index (χ0) is 29.1. The SMILES string of the molecule is C=C/C=C(\C=C/C)c1c(C)c(C)c(-c2ccc(N(c3ccc(C)c(C)c3)C3C=CC(C)=C(C)C3)cc2)c(C)c1C. The van der Waals surface area contributed by atoms with Crippen molar-refractivity contribution >= 4 is 16.9 Å². The Kier molecular flexibility index (Phi) is 8.84. The molecule has 0 bridgehead atoms. The predicted octanol–water partition coefficient (Wildman–Crippen LogP) is 11.2. The Labute approximate surface area is 243 Å². The van der Waals surface area contributed by atoms with E-state index in [0.29, 0.717) is 0 Å². The molecule has 3 aromatic carbocycles. The van der Waals surface area contributed by atoms with E-state index in [-0.39, 0.29) is 6.04 Å². The standard InChI is InChI=1S/C39H45N/c1-11-13-33(14-12-2)38-29(7)31(9)39(32(10)30(38)8)34-17-21-35(22-18-34)40(36-19-15-25(3)27(5)23-36)37-20-16-26(4)28(6)24-37/h11-23,37H,1,24H2,2-10H3/b14-12-,33-13+. The van der Waals surface area contributed by atoms with E-state index in [1.165, 1.54) is 78.2 Å². The molecule has 0 heterocycles. The van der Waals surface area contributed by atoms with E-state index in [1.807, 2.05) is 6.08 Å². The van der Waals surface area contributed by atoms with Gasteiger partial charge in [0.2, 0.25) is 0 Å². The second kappa shape index (κ2) is 12.1. The van der Waals surface area contributed by atoms with Crippen molar-refractivity contribution in [3.05, 3.63) is 136 Å². The summed E-state index contributed by atoms with van der Waals surface area (Å²) in [6, 6.07) is 16.4. The summed E-state index contributed by atoms with van der Waals surface area (Å²) < 4.78 is 0. The van der Waals surface area contributed by atoms with Crippen molar-refractivity contribution in [2.24, 2.45) is 0 Å². The molecule has 1 heteroatoms. The van der Waals surface area contributed by atoms with Crippen molar-refractivity contribution in [2.75, 3.05) is 4.90 Å². The first kappa shape index (κ1) is 29.2. The van der Waals surface area contributed by atoms with Gasteiger partial charge < -0.3 is 4.90 Å². The Morgan fingerprint density at radius 3 is 1.98 bits per heavy atom. The summed E-state index contributed by atoms with van der Waals surface area (Å²) >= 11 is 0. The molecule has 4 rings (SSSR count). The summed E-state index contributed by atoms with van der Waals surface area (Å²) in [5.74, 6) is 0. The highest BCUT2D eigenvalue weighted by Crippen LogP contribution is 2.40. The van der Waals surface area contributed by atoms with E-state index in [0.717, 1.165) is 6.42 Å². The van der Waals surface area contributed by atoms with Gasteiger partial charge in [-0.1, -0.05) is 72.4 Å². The zero-order valence-corrected chi connectivity index (χ0v) is 25.9. The van der Waals surface area contributed by atoms with Crippen molar-refractivity contribution in [3.8, 4) is 11.1 Å². The highest BCUT2D eigenvalue weighted by atomic mass is 15.2. The molecule has 1 aliphatic rings. The number of hydrogen-bond acceptors (Lipinski definition) is 1. The van der Waals surface area contributed by atoms with E-state index < -0.39 is 0 Å². The van der Waals surface area contributed by atoms with Gasteiger partial charge in [-0.15, -0.1) is 0 Å². The number of nitrogens with zero attached hydrogens (tertiary/aromatic N) is 1. The maximum Gasteiger partial charge on any atom is 0.0562 e. The molecule has 40 heavy (non-hydrogen) atoms. The van der Waals surface area contributed by atoms with E-state index in [4.69, 9.17) is 0 Å². The van der Waals surface area contributed by atoms with Crippen molar-refractivity contribution < 1.29 is 0 Å². The monoisotopic (exact) mass is 527 g/mol. The first-order valence-electron chi connectivity index (χ1n) is 14.5. The maximum absolute atomic E-state index is 3.95. The van der Waals surface area contributed by atoms with Crippen molar-refractivity contribution in [1.82, 2.24) is 0 Å². The minimum absolute atomic E-state index is 0.283. The number of anilines is 2. The molecule has 0 aromatic heterocycles. The average molecular weight is 528 g/mol. The summed E-state index contributed by atoms with van der Waals surface area (Å²) in [6.07, 6.45) is 14.0. The molecule has 1 nitrogen and oxygen atoms in total. The normalized spacial score (nSPS) is 15.7. The van der Waals surface area contributed by atoms with E-state index in [1.54, 1.807) is 0 Å². The van der Waals surface area contributed by atoms with Crippen molar-refractivity contribution in [2.45, 2.75) is 74.8 Å². The first-order valence-corrected chi connectivity index (χ1v) is 14.5.